The number of aliphatic imine (C=N–C) groups is 1. The predicted octanol–water partition coefficient (Wildman–Crippen LogP) is 2.75. The highest BCUT2D eigenvalue weighted by molar-refractivity contribution is 14.0. The summed E-state index contributed by atoms with van der Waals surface area (Å²) in [4.78, 5) is 8.69. The van der Waals surface area contributed by atoms with E-state index in [2.05, 4.69) is 38.9 Å². The number of halogens is 1. The monoisotopic (exact) mass is 413 g/mol. The van der Waals surface area contributed by atoms with Gasteiger partial charge in [-0.2, -0.15) is 0 Å². The average Bonchev–Trinajstić information content (AvgIpc) is 2.94. The highest BCUT2D eigenvalue weighted by atomic mass is 127. The Bertz CT molecular complexity index is 565. The topological polar surface area (TPSA) is 68.2 Å². The van der Waals surface area contributed by atoms with E-state index >= 15 is 0 Å². The first kappa shape index (κ1) is 18.5. The number of hydrogen-bond acceptors (Lipinski definition) is 2. The van der Waals surface area contributed by atoms with E-state index in [0.717, 1.165) is 31.8 Å². The average molecular weight is 413 g/mol. The van der Waals surface area contributed by atoms with Crippen molar-refractivity contribution in [1.29, 1.82) is 0 Å². The summed E-state index contributed by atoms with van der Waals surface area (Å²) in [5.41, 5.74) is 7.08. The van der Waals surface area contributed by atoms with Crippen molar-refractivity contribution < 1.29 is 0 Å². The Morgan fingerprint density at radius 3 is 2.82 bits per heavy atom. The Kier molecular flexibility index (Phi) is 8.57. The molecular formula is C16H24IN5. The fourth-order valence-corrected chi connectivity index (χ4v) is 2.02. The molecule has 3 N–H and O–H groups in total. The number of benzene rings is 1. The second-order valence-electron chi connectivity index (χ2n) is 4.94. The van der Waals surface area contributed by atoms with Gasteiger partial charge in [0, 0.05) is 25.5 Å². The van der Waals surface area contributed by atoms with Gasteiger partial charge in [0.15, 0.2) is 5.96 Å². The van der Waals surface area contributed by atoms with Crippen LogP contribution in [0, 0.1) is 0 Å². The van der Waals surface area contributed by atoms with Crippen LogP contribution in [0.25, 0.3) is 0 Å². The van der Waals surface area contributed by atoms with E-state index in [9.17, 15) is 0 Å². The summed E-state index contributed by atoms with van der Waals surface area (Å²) in [6.45, 7) is 4.30. The highest BCUT2D eigenvalue weighted by Gasteiger charge is 2.03. The van der Waals surface area contributed by atoms with Crippen molar-refractivity contribution in [2.75, 3.05) is 6.54 Å². The minimum atomic E-state index is 0. The summed E-state index contributed by atoms with van der Waals surface area (Å²) >= 11 is 0. The number of rotatable bonds is 7. The zero-order valence-corrected chi connectivity index (χ0v) is 15.2. The first-order chi connectivity index (χ1) is 10.3. The third-order valence-electron chi connectivity index (χ3n) is 3.22. The molecule has 120 valence electrons. The smallest absolute Gasteiger partial charge is 0.189 e. The first-order valence-corrected chi connectivity index (χ1v) is 7.37. The number of nitrogens with zero attached hydrogens (tertiary/aromatic N) is 3. The van der Waals surface area contributed by atoms with E-state index in [1.807, 2.05) is 24.4 Å². The van der Waals surface area contributed by atoms with Gasteiger partial charge in [0.2, 0.25) is 0 Å². The second kappa shape index (κ2) is 10.2. The summed E-state index contributed by atoms with van der Waals surface area (Å²) in [7, 11) is 0. The molecule has 2 aromatic rings. The lowest BCUT2D eigenvalue weighted by Gasteiger charge is -2.07. The van der Waals surface area contributed by atoms with Gasteiger partial charge in [-0.15, -0.1) is 24.0 Å². The van der Waals surface area contributed by atoms with E-state index in [4.69, 9.17) is 5.73 Å². The largest absolute Gasteiger partial charge is 0.370 e. The third-order valence-corrected chi connectivity index (χ3v) is 3.22. The predicted molar refractivity (Wildman–Crippen MR) is 101 cm³/mol. The van der Waals surface area contributed by atoms with Crippen molar-refractivity contribution in [1.82, 2.24) is 14.9 Å². The first-order valence-electron chi connectivity index (χ1n) is 7.37. The summed E-state index contributed by atoms with van der Waals surface area (Å²) in [5, 5.41) is 3.11. The number of aromatic nitrogens is 2. The van der Waals surface area contributed by atoms with Crippen LogP contribution in [0.4, 0.5) is 0 Å². The fourth-order valence-electron chi connectivity index (χ4n) is 2.02. The van der Waals surface area contributed by atoms with Gasteiger partial charge in [0.1, 0.15) is 12.4 Å². The number of nitrogens with one attached hydrogen (secondary N) is 1. The lowest BCUT2D eigenvalue weighted by atomic mass is 10.2. The molecule has 5 nitrogen and oxygen atoms in total. The van der Waals surface area contributed by atoms with E-state index in [1.165, 1.54) is 5.56 Å². The zero-order valence-electron chi connectivity index (χ0n) is 12.9. The SMILES string of the molecule is CCCCNC(N)=NCc1nccn1Cc1ccccc1.I. The van der Waals surface area contributed by atoms with Crippen molar-refractivity contribution in [3.05, 3.63) is 54.1 Å². The standard InChI is InChI=1S/C16H23N5.HI/c1-2-3-9-19-16(17)20-12-15-18-10-11-21(15)13-14-7-5-4-6-8-14;/h4-8,10-11H,2-3,9,12-13H2,1H3,(H3,17,19,20);1H. The molecule has 0 radical (unpaired) electrons. The van der Waals surface area contributed by atoms with Crippen LogP contribution in [0.1, 0.15) is 31.2 Å². The van der Waals surface area contributed by atoms with Gasteiger partial charge in [0.05, 0.1) is 0 Å². The number of hydrogen-bond donors (Lipinski definition) is 2. The molecule has 0 spiro atoms. The van der Waals surface area contributed by atoms with Crippen LogP contribution in [0.2, 0.25) is 0 Å². The molecule has 6 heteroatoms. The molecule has 1 aromatic carbocycles. The Morgan fingerprint density at radius 1 is 1.32 bits per heavy atom. The summed E-state index contributed by atoms with van der Waals surface area (Å²) in [6, 6.07) is 10.3. The minimum Gasteiger partial charge on any atom is -0.370 e. The lowest BCUT2D eigenvalue weighted by molar-refractivity contribution is 0.716. The molecule has 0 saturated heterocycles. The van der Waals surface area contributed by atoms with Crippen LogP contribution < -0.4 is 11.1 Å². The summed E-state index contributed by atoms with van der Waals surface area (Å²) < 4.78 is 2.10. The Morgan fingerprint density at radius 2 is 2.09 bits per heavy atom. The van der Waals surface area contributed by atoms with Crippen LogP contribution in [0.15, 0.2) is 47.7 Å². The summed E-state index contributed by atoms with van der Waals surface area (Å²) in [5.74, 6) is 1.40. The van der Waals surface area contributed by atoms with Crippen LogP contribution >= 0.6 is 24.0 Å². The molecule has 22 heavy (non-hydrogen) atoms. The Balaban J connectivity index is 0.00000242. The van der Waals surface area contributed by atoms with Gasteiger partial charge in [-0.25, -0.2) is 9.98 Å². The highest BCUT2D eigenvalue weighted by Crippen LogP contribution is 2.06. The Hall–Kier alpha value is -1.57. The van der Waals surface area contributed by atoms with Gasteiger partial charge >= 0.3 is 0 Å². The van der Waals surface area contributed by atoms with Gasteiger partial charge in [-0.3, -0.25) is 0 Å². The van der Waals surface area contributed by atoms with Crippen molar-refractivity contribution in [2.24, 2.45) is 10.7 Å². The maximum Gasteiger partial charge on any atom is 0.189 e. The minimum absolute atomic E-state index is 0. The molecule has 2 rings (SSSR count). The van der Waals surface area contributed by atoms with Gasteiger partial charge in [-0.1, -0.05) is 43.7 Å². The third kappa shape index (κ3) is 6.05. The van der Waals surface area contributed by atoms with E-state index in [0.29, 0.717) is 12.5 Å². The lowest BCUT2D eigenvalue weighted by Crippen LogP contribution is -2.32. The molecule has 0 unspecified atom stereocenters. The molecular weight excluding hydrogens is 389 g/mol. The van der Waals surface area contributed by atoms with Crippen LogP contribution in [0.5, 0.6) is 0 Å². The van der Waals surface area contributed by atoms with E-state index < -0.39 is 0 Å². The van der Waals surface area contributed by atoms with Gasteiger partial charge in [-0.05, 0) is 12.0 Å². The normalized spacial score (nSPS) is 11.0. The molecule has 0 aliphatic rings. The van der Waals surface area contributed by atoms with E-state index in [1.54, 1.807) is 6.20 Å². The van der Waals surface area contributed by atoms with Crippen molar-refractivity contribution in [3.8, 4) is 0 Å². The quantitative estimate of drug-likeness (QED) is 0.318. The van der Waals surface area contributed by atoms with Crippen LogP contribution in [-0.4, -0.2) is 22.1 Å². The van der Waals surface area contributed by atoms with Crippen LogP contribution in [-0.2, 0) is 13.1 Å². The molecule has 0 fully saturated rings. The molecule has 0 saturated carbocycles. The molecule has 0 bridgehead atoms. The number of nitrogens with two attached hydrogens (primary N) is 1. The molecule has 0 aliphatic heterocycles. The van der Waals surface area contributed by atoms with Crippen molar-refractivity contribution in [3.63, 3.8) is 0 Å². The maximum absolute atomic E-state index is 5.84. The molecule has 0 atom stereocenters. The van der Waals surface area contributed by atoms with Crippen LogP contribution in [0.3, 0.4) is 0 Å². The molecule has 1 aromatic heterocycles. The number of unbranched alkanes of at least 4 members (excludes halogenated alkanes) is 1. The fraction of sp³-hybridized carbons (Fsp3) is 0.375. The Labute approximate surface area is 149 Å². The van der Waals surface area contributed by atoms with E-state index in [-0.39, 0.29) is 24.0 Å². The maximum atomic E-state index is 5.84. The zero-order chi connectivity index (χ0) is 14.9. The molecule has 0 aliphatic carbocycles. The molecule has 1 heterocycles. The molecule has 0 amide bonds. The summed E-state index contributed by atoms with van der Waals surface area (Å²) in [6.07, 6.45) is 6.01. The van der Waals surface area contributed by atoms with Gasteiger partial charge < -0.3 is 15.6 Å². The van der Waals surface area contributed by atoms with Crippen molar-refractivity contribution in [2.45, 2.75) is 32.9 Å². The second-order valence-corrected chi connectivity index (χ2v) is 4.94. The number of imidazole rings is 1. The number of guanidine groups is 1. The van der Waals surface area contributed by atoms with Crippen molar-refractivity contribution >= 4 is 29.9 Å². The van der Waals surface area contributed by atoms with Gasteiger partial charge in [0.25, 0.3) is 0 Å².